The van der Waals surface area contributed by atoms with Crippen molar-refractivity contribution in [2.24, 2.45) is 0 Å². The Bertz CT molecular complexity index is 450. The fourth-order valence-electron chi connectivity index (χ4n) is 1.48. The first-order valence-corrected chi connectivity index (χ1v) is 7.10. The molecule has 0 amide bonds. The highest BCUT2D eigenvalue weighted by Gasteiger charge is 2.13. The Balaban J connectivity index is 2.92. The van der Waals surface area contributed by atoms with Crippen LogP contribution in [0.3, 0.4) is 0 Å². The standard InChI is InChI=1S/C11H14ClNO3S/c1-7(6-17(2)16)13-10-5-8(12)3-4-9(10)11(14)15/h3-5,7,13H,6H2,1-2H3,(H,14,15). The molecule has 2 unspecified atom stereocenters. The van der Waals surface area contributed by atoms with Crippen molar-refractivity contribution in [2.45, 2.75) is 13.0 Å². The third-order valence-corrected chi connectivity index (χ3v) is 3.30. The van der Waals surface area contributed by atoms with Crippen LogP contribution >= 0.6 is 11.6 Å². The molecule has 4 nitrogen and oxygen atoms in total. The number of rotatable bonds is 5. The normalized spacial score (nSPS) is 14.1. The first-order chi connectivity index (χ1) is 7.90. The number of carbonyl (C=O) groups is 1. The quantitative estimate of drug-likeness (QED) is 0.865. The monoisotopic (exact) mass is 275 g/mol. The van der Waals surface area contributed by atoms with E-state index in [1.807, 2.05) is 6.92 Å². The zero-order valence-electron chi connectivity index (χ0n) is 9.57. The maximum Gasteiger partial charge on any atom is 0.337 e. The van der Waals surface area contributed by atoms with Crippen molar-refractivity contribution in [3.8, 4) is 0 Å². The Kier molecular flexibility index (Phi) is 4.96. The van der Waals surface area contributed by atoms with Crippen LogP contribution in [0.1, 0.15) is 17.3 Å². The Labute approximate surface area is 107 Å². The van der Waals surface area contributed by atoms with Crippen molar-refractivity contribution >= 4 is 34.1 Å². The molecule has 17 heavy (non-hydrogen) atoms. The van der Waals surface area contributed by atoms with Crippen LogP contribution in [0.2, 0.25) is 5.02 Å². The van der Waals surface area contributed by atoms with Gasteiger partial charge in [-0.15, -0.1) is 0 Å². The van der Waals surface area contributed by atoms with E-state index in [2.05, 4.69) is 5.32 Å². The van der Waals surface area contributed by atoms with Crippen LogP contribution < -0.4 is 5.32 Å². The van der Waals surface area contributed by atoms with Crippen molar-refractivity contribution in [1.82, 2.24) is 0 Å². The molecule has 0 aliphatic rings. The van der Waals surface area contributed by atoms with Crippen LogP contribution in [0.4, 0.5) is 5.69 Å². The summed E-state index contributed by atoms with van der Waals surface area (Å²) in [6.07, 6.45) is 1.61. The SMILES string of the molecule is CC(CS(C)=O)Nc1cc(Cl)ccc1C(=O)O. The Morgan fingerprint density at radius 1 is 1.59 bits per heavy atom. The van der Waals surface area contributed by atoms with E-state index in [1.165, 1.54) is 12.1 Å². The van der Waals surface area contributed by atoms with Crippen LogP contribution in [-0.4, -0.2) is 33.3 Å². The number of nitrogens with one attached hydrogen (secondary N) is 1. The highest BCUT2D eigenvalue weighted by atomic mass is 35.5. The lowest BCUT2D eigenvalue weighted by atomic mass is 10.1. The van der Waals surface area contributed by atoms with Gasteiger partial charge in [0.1, 0.15) is 0 Å². The molecule has 0 spiro atoms. The maximum absolute atomic E-state index is 11.1. The predicted octanol–water partition coefficient (Wildman–Crippen LogP) is 2.22. The molecular formula is C11H14ClNO3S. The molecule has 0 saturated carbocycles. The lowest BCUT2D eigenvalue weighted by Gasteiger charge is -2.16. The summed E-state index contributed by atoms with van der Waals surface area (Å²) in [7, 11) is -0.935. The summed E-state index contributed by atoms with van der Waals surface area (Å²) in [5, 5.41) is 12.5. The van der Waals surface area contributed by atoms with Crippen molar-refractivity contribution in [1.29, 1.82) is 0 Å². The van der Waals surface area contributed by atoms with Gasteiger partial charge in [0.05, 0.1) is 11.3 Å². The Morgan fingerprint density at radius 3 is 2.76 bits per heavy atom. The van der Waals surface area contributed by atoms with E-state index in [9.17, 15) is 9.00 Å². The molecule has 0 aliphatic heterocycles. The van der Waals surface area contributed by atoms with Crippen molar-refractivity contribution in [3.05, 3.63) is 28.8 Å². The summed E-state index contributed by atoms with van der Waals surface area (Å²) in [5.74, 6) is -0.569. The molecular weight excluding hydrogens is 262 g/mol. The summed E-state index contributed by atoms with van der Waals surface area (Å²) >= 11 is 5.82. The van der Waals surface area contributed by atoms with E-state index in [-0.39, 0.29) is 11.6 Å². The molecule has 1 aromatic carbocycles. The number of anilines is 1. The highest BCUT2D eigenvalue weighted by molar-refractivity contribution is 7.84. The van der Waals surface area contributed by atoms with Crippen LogP contribution in [0.25, 0.3) is 0 Å². The minimum absolute atomic E-state index is 0.0857. The van der Waals surface area contributed by atoms with E-state index >= 15 is 0 Å². The summed E-state index contributed by atoms with van der Waals surface area (Å²) < 4.78 is 11.1. The topological polar surface area (TPSA) is 66.4 Å². The van der Waals surface area contributed by atoms with Gasteiger partial charge in [-0.1, -0.05) is 11.6 Å². The molecule has 2 N–H and O–H groups in total. The van der Waals surface area contributed by atoms with E-state index in [4.69, 9.17) is 16.7 Å². The predicted molar refractivity (Wildman–Crippen MR) is 70.4 cm³/mol. The number of hydrogen-bond donors (Lipinski definition) is 2. The van der Waals surface area contributed by atoms with E-state index in [0.29, 0.717) is 16.5 Å². The zero-order chi connectivity index (χ0) is 13.0. The molecule has 0 fully saturated rings. The summed E-state index contributed by atoms with van der Waals surface area (Å²) in [5.41, 5.74) is 0.603. The third-order valence-electron chi connectivity index (χ3n) is 2.10. The number of carboxylic acid groups (broad SMARTS) is 1. The maximum atomic E-state index is 11.1. The average Bonchev–Trinajstić information content (AvgIpc) is 2.15. The summed E-state index contributed by atoms with van der Waals surface area (Å²) in [6.45, 7) is 1.84. The molecule has 0 heterocycles. The molecule has 0 saturated heterocycles. The van der Waals surface area contributed by atoms with Crippen LogP contribution in [0.15, 0.2) is 18.2 Å². The molecule has 1 aromatic rings. The van der Waals surface area contributed by atoms with Gasteiger partial charge in [-0.3, -0.25) is 4.21 Å². The van der Waals surface area contributed by atoms with Gasteiger partial charge in [0.15, 0.2) is 0 Å². The average molecular weight is 276 g/mol. The lowest BCUT2D eigenvalue weighted by Crippen LogP contribution is -2.23. The molecule has 0 bridgehead atoms. The van der Waals surface area contributed by atoms with Gasteiger partial charge in [-0.05, 0) is 25.1 Å². The van der Waals surface area contributed by atoms with Gasteiger partial charge in [-0.2, -0.15) is 0 Å². The number of aromatic carboxylic acids is 1. The van der Waals surface area contributed by atoms with Crippen LogP contribution in [0.5, 0.6) is 0 Å². The number of halogens is 1. The molecule has 94 valence electrons. The Hall–Kier alpha value is -1.07. The summed E-state index contributed by atoms with van der Waals surface area (Å²) in [4.78, 5) is 11.0. The number of hydrogen-bond acceptors (Lipinski definition) is 3. The van der Waals surface area contributed by atoms with Gasteiger partial charge in [0.2, 0.25) is 0 Å². The third kappa shape index (κ3) is 4.36. The van der Waals surface area contributed by atoms with Crippen LogP contribution in [-0.2, 0) is 10.8 Å². The van der Waals surface area contributed by atoms with Gasteiger partial charge < -0.3 is 10.4 Å². The van der Waals surface area contributed by atoms with Gasteiger partial charge in [0, 0.05) is 33.9 Å². The molecule has 0 radical (unpaired) electrons. The van der Waals surface area contributed by atoms with E-state index in [0.717, 1.165) is 0 Å². The second-order valence-corrected chi connectivity index (χ2v) is 5.70. The van der Waals surface area contributed by atoms with Gasteiger partial charge >= 0.3 is 5.97 Å². The van der Waals surface area contributed by atoms with Crippen molar-refractivity contribution < 1.29 is 14.1 Å². The smallest absolute Gasteiger partial charge is 0.337 e. The molecule has 6 heteroatoms. The zero-order valence-corrected chi connectivity index (χ0v) is 11.1. The fourth-order valence-corrected chi connectivity index (χ4v) is 2.44. The van der Waals surface area contributed by atoms with Crippen molar-refractivity contribution in [2.75, 3.05) is 17.3 Å². The lowest BCUT2D eigenvalue weighted by molar-refractivity contribution is 0.0698. The second-order valence-electron chi connectivity index (χ2n) is 3.78. The molecule has 0 aliphatic carbocycles. The van der Waals surface area contributed by atoms with E-state index < -0.39 is 16.8 Å². The molecule has 0 aromatic heterocycles. The van der Waals surface area contributed by atoms with Gasteiger partial charge in [-0.25, -0.2) is 4.79 Å². The Morgan fingerprint density at radius 2 is 2.24 bits per heavy atom. The largest absolute Gasteiger partial charge is 0.478 e. The second kappa shape index (κ2) is 6.02. The number of benzene rings is 1. The van der Waals surface area contributed by atoms with Gasteiger partial charge in [0.25, 0.3) is 0 Å². The van der Waals surface area contributed by atoms with E-state index in [1.54, 1.807) is 12.3 Å². The molecule has 2 atom stereocenters. The first-order valence-electron chi connectivity index (χ1n) is 4.99. The molecule has 1 rings (SSSR count). The summed E-state index contributed by atoms with van der Waals surface area (Å²) in [6, 6.07) is 4.44. The minimum atomic E-state index is -1.02. The highest BCUT2D eigenvalue weighted by Crippen LogP contribution is 2.22. The first kappa shape index (κ1) is 14.0. The van der Waals surface area contributed by atoms with Crippen LogP contribution in [0, 0.1) is 0 Å². The minimum Gasteiger partial charge on any atom is -0.478 e. The number of carboxylic acids is 1. The van der Waals surface area contributed by atoms with Crippen molar-refractivity contribution in [3.63, 3.8) is 0 Å². The fraction of sp³-hybridized carbons (Fsp3) is 0.364.